The van der Waals surface area contributed by atoms with E-state index >= 15 is 0 Å². The average Bonchev–Trinajstić information content (AvgIpc) is 2.84. The second-order valence-corrected chi connectivity index (χ2v) is 11.7. The van der Waals surface area contributed by atoms with E-state index in [2.05, 4.69) is 5.32 Å². The van der Waals surface area contributed by atoms with Crippen molar-refractivity contribution in [3.8, 4) is 5.75 Å². The zero-order chi connectivity index (χ0) is 27.8. The van der Waals surface area contributed by atoms with Gasteiger partial charge in [-0.3, -0.25) is 13.9 Å². The minimum Gasteiger partial charge on any atom is -0.497 e. The van der Waals surface area contributed by atoms with E-state index in [-0.39, 0.29) is 37.2 Å². The molecule has 2 amide bonds. The van der Waals surface area contributed by atoms with E-state index in [1.54, 1.807) is 25.0 Å². The Morgan fingerprint density at radius 1 is 1.03 bits per heavy atom. The summed E-state index contributed by atoms with van der Waals surface area (Å²) in [5, 5.41) is 2.91. The monoisotopic (exact) mass is 531 g/mol. The molecule has 2 aromatic carbocycles. The predicted molar refractivity (Wildman–Crippen MR) is 148 cm³/mol. The van der Waals surface area contributed by atoms with Crippen LogP contribution in [0.15, 0.2) is 42.5 Å². The second kappa shape index (κ2) is 13.5. The van der Waals surface area contributed by atoms with Gasteiger partial charge >= 0.3 is 0 Å². The Morgan fingerprint density at radius 2 is 1.68 bits per heavy atom. The third-order valence-electron chi connectivity index (χ3n) is 6.36. The van der Waals surface area contributed by atoms with Gasteiger partial charge in [-0.2, -0.15) is 0 Å². The predicted octanol–water partition coefficient (Wildman–Crippen LogP) is 4.05. The van der Waals surface area contributed by atoms with E-state index in [4.69, 9.17) is 4.74 Å². The molecule has 0 saturated carbocycles. The van der Waals surface area contributed by atoms with Gasteiger partial charge in [0, 0.05) is 26.1 Å². The molecule has 0 bridgehead atoms. The fourth-order valence-electron chi connectivity index (χ4n) is 3.95. The zero-order valence-corrected chi connectivity index (χ0v) is 23.9. The number of nitrogens with zero attached hydrogens (tertiary/aromatic N) is 2. The third kappa shape index (κ3) is 8.77. The molecule has 0 unspecified atom stereocenters. The van der Waals surface area contributed by atoms with E-state index < -0.39 is 16.1 Å². The van der Waals surface area contributed by atoms with Crippen molar-refractivity contribution in [2.24, 2.45) is 5.92 Å². The first-order chi connectivity index (χ1) is 17.3. The van der Waals surface area contributed by atoms with Crippen molar-refractivity contribution in [2.45, 2.75) is 60.0 Å². The first kappa shape index (κ1) is 30.2. The summed E-state index contributed by atoms with van der Waals surface area (Å²) in [5.41, 5.74) is 3.36. The lowest BCUT2D eigenvalue weighted by Gasteiger charge is -2.30. The first-order valence-corrected chi connectivity index (χ1v) is 14.4. The highest BCUT2D eigenvalue weighted by Gasteiger charge is 2.27. The van der Waals surface area contributed by atoms with Gasteiger partial charge in [-0.05, 0) is 68.0 Å². The summed E-state index contributed by atoms with van der Waals surface area (Å²) in [6, 6.07) is 12.2. The van der Waals surface area contributed by atoms with Crippen molar-refractivity contribution < 1.29 is 22.7 Å². The lowest BCUT2D eigenvalue weighted by molar-refractivity contribution is -0.140. The molecule has 0 aromatic heterocycles. The lowest BCUT2D eigenvalue weighted by atomic mass is 10.1. The van der Waals surface area contributed by atoms with Gasteiger partial charge in [-0.25, -0.2) is 8.42 Å². The Hall–Kier alpha value is -3.07. The van der Waals surface area contributed by atoms with E-state index in [0.29, 0.717) is 24.4 Å². The second-order valence-electron chi connectivity index (χ2n) is 9.84. The first-order valence-electron chi connectivity index (χ1n) is 12.6. The van der Waals surface area contributed by atoms with Crippen LogP contribution in [0.5, 0.6) is 5.75 Å². The highest BCUT2D eigenvalue weighted by Crippen LogP contribution is 2.25. The number of anilines is 1. The third-order valence-corrected chi connectivity index (χ3v) is 7.54. The number of carbonyl (C=O) groups is 2. The van der Waals surface area contributed by atoms with Gasteiger partial charge in [0.1, 0.15) is 11.8 Å². The molecule has 1 atom stereocenters. The van der Waals surface area contributed by atoms with Crippen molar-refractivity contribution >= 4 is 27.5 Å². The van der Waals surface area contributed by atoms with Crippen LogP contribution in [0.1, 0.15) is 50.3 Å². The average molecular weight is 532 g/mol. The highest BCUT2D eigenvalue weighted by atomic mass is 32.2. The number of ether oxygens (including phenoxy) is 1. The molecule has 2 aromatic rings. The molecule has 37 heavy (non-hydrogen) atoms. The van der Waals surface area contributed by atoms with Crippen LogP contribution in [0.2, 0.25) is 0 Å². The van der Waals surface area contributed by atoms with E-state index in [0.717, 1.165) is 16.7 Å². The minimum atomic E-state index is -3.54. The molecular formula is C28H41N3O5S. The van der Waals surface area contributed by atoms with Crippen LogP contribution >= 0.6 is 0 Å². The highest BCUT2D eigenvalue weighted by molar-refractivity contribution is 7.92. The van der Waals surface area contributed by atoms with Crippen LogP contribution < -0.4 is 14.4 Å². The molecule has 1 N–H and O–H groups in total. The Labute approximate surface area is 222 Å². The summed E-state index contributed by atoms with van der Waals surface area (Å²) in [6.07, 6.45) is 1.60. The van der Waals surface area contributed by atoms with E-state index in [9.17, 15) is 18.0 Å². The van der Waals surface area contributed by atoms with Gasteiger partial charge in [0.2, 0.25) is 21.8 Å². The van der Waals surface area contributed by atoms with Crippen LogP contribution in [0.4, 0.5) is 5.69 Å². The molecule has 0 aliphatic rings. The van der Waals surface area contributed by atoms with Crippen LogP contribution in [0.3, 0.4) is 0 Å². The molecular weight excluding hydrogens is 490 g/mol. The zero-order valence-electron chi connectivity index (χ0n) is 23.1. The molecule has 0 fully saturated rings. The van der Waals surface area contributed by atoms with E-state index in [1.165, 1.54) is 10.6 Å². The molecule has 0 radical (unpaired) electrons. The van der Waals surface area contributed by atoms with Crippen molar-refractivity contribution in [2.75, 3.05) is 30.8 Å². The Bertz CT molecular complexity index is 1160. The van der Waals surface area contributed by atoms with E-state index in [1.807, 2.05) is 64.1 Å². The number of sulfonamides is 1. The SMILES string of the molecule is COc1ccc(CN(C(=O)CCCN(c2cccc(C)c2C)S(C)(=O)=O)[C@H](C)C(=O)NCC(C)C)cc1. The number of rotatable bonds is 13. The van der Waals surface area contributed by atoms with Crippen molar-refractivity contribution in [3.05, 3.63) is 59.2 Å². The number of carbonyl (C=O) groups excluding carboxylic acids is 2. The lowest BCUT2D eigenvalue weighted by Crippen LogP contribution is -2.48. The van der Waals surface area contributed by atoms with Gasteiger partial charge in [0.05, 0.1) is 19.1 Å². The van der Waals surface area contributed by atoms with Gasteiger partial charge in [-0.15, -0.1) is 0 Å². The molecule has 9 heteroatoms. The molecule has 0 spiro atoms. The van der Waals surface area contributed by atoms with Gasteiger partial charge in [0.15, 0.2) is 0 Å². The van der Waals surface area contributed by atoms with Gasteiger partial charge in [-0.1, -0.05) is 38.1 Å². The summed E-state index contributed by atoms with van der Waals surface area (Å²) in [7, 11) is -1.96. The summed E-state index contributed by atoms with van der Waals surface area (Å²) in [6.45, 7) is 10.5. The smallest absolute Gasteiger partial charge is 0.242 e. The van der Waals surface area contributed by atoms with Crippen LogP contribution in [-0.4, -0.2) is 57.6 Å². The molecule has 0 saturated heterocycles. The van der Waals surface area contributed by atoms with Crippen LogP contribution in [-0.2, 0) is 26.2 Å². The minimum absolute atomic E-state index is 0.106. The molecule has 0 aliphatic heterocycles. The molecule has 204 valence electrons. The standard InChI is InChI=1S/C28H41N3O5S/c1-20(2)18-29-28(33)23(5)30(19-24-13-15-25(36-6)16-14-24)27(32)12-9-17-31(37(7,34)35)26-11-8-10-21(3)22(26)4/h8,10-11,13-16,20,23H,9,12,17-19H2,1-7H3,(H,29,33)/t23-/m1/s1. The number of aryl methyl sites for hydroxylation is 1. The summed E-state index contributed by atoms with van der Waals surface area (Å²) in [5.74, 6) is 0.562. The number of hydrogen-bond acceptors (Lipinski definition) is 5. The van der Waals surface area contributed by atoms with Crippen LogP contribution in [0, 0.1) is 19.8 Å². The maximum atomic E-state index is 13.4. The quantitative estimate of drug-likeness (QED) is 0.421. The molecule has 0 heterocycles. The number of nitrogens with one attached hydrogen (secondary N) is 1. The number of benzene rings is 2. The van der Waals surface area contributed by atoms with Crippen molar-refractivity contribution in [3.63, 3.8) is 0 Å². The number of methoxy groups -OCH3 is 1. The Morgan fingerprint density at radius 3 is 2.24 bits per heavy atom. The van der Waals surface area contributed by atoms with Crippen LogP contribution in [0.25, 0.3) is 0 Å². The summed E-state index contributed by atoms with van der Waals surface area (Å²) in [4.78, 5) is 27.8. The molecule has 2 rings (SSSR count). The molecule has 0 aliphatic carbocycles. The Kier molecular flexibility index (Phi) is 11.0. The topological polar surface area (TPSA) is 96.0 Å². The maximum Gasteiger partial charge on any atom is 0.242 e. The fourth-order valence-corrected chi connectivity index (χ4v) is 4.97. The maximum absolute atomic E-state index is 13.4. The normalized spacial score (nSPS) is 12.2. The summed E-state index contributed by atoms with van der Waals surface area (Å²) < 4.78 is 31.8. The number of hydrogen-bond donors (Lipinski definition) is 1. The van der Waals surface area contributed by atoms with Gasteiger partial charge < -0.3 is 15.0 Å². The summed E-state index contributed by atoms with van der Waals surface area (Å²) >= 11 is 0. The Balaban J connectivity index is 2.20. The van der Waals surface area contributed by atoms with Crippen molar-refractivity contribution in [1.82, 2.24) is 10.2 Å². The number of amides is 2. The largest absolute Gasteiger partial charge is 0.497 e. The van der Waals surface area contributed by atoms with Gasteiger partial charge in [0.25, 0.3) is 0 Å². The fraction of sp³-hybridized carbons (Fsp3) is 0.500. The van der Waals surface area contributed by atoms with Crippen molar-refractivity contribution in [1.29, 1.82) is 0 Å². The molecule has 8 nitrogen and oxygen atoms in total.